The van der Waals surface area contributed by atoms with E-state index >= 15 is 0 Å². The molecule has 7 nitrogen and oxygen atoms in total. The summed E-state index contributed by atoms with van der Waals surface area (Å²) in [6.45, 7) is 8.95. The molecule has 7 heteroatoms. The number of para-hydroxylation sites is 2. The Morgan fingerprint density at radius 3 is 2.50 bits per heavy atom. The topological polar surface area (TPSA) is 68.3 Å². The number of ether oxygens (including phenoxy) is 3. The number of hydrogen-bond donors (Lipinski definition) is 0. The van der Waals surface area contributed by atoms with Crippen LogP contribution in [0.5, 0.6) is 11.5 Å². The van der Waals surface area contributed by atoms with Crippen LogP contribution in [0.15, 0.2) is 24.3 Å². The Hall–Kier alpha value is -2.44. The van der Waals surface area contributed by atoms with Crippen molar-refractivity contribution in [3.05, 3.63) is 24.3 Å². The molecular formula is C19H26N2O5. The van der Waals surface area contributed by atoms with Gasteiger partial charge in [-0.15, -0.1) is 0 Å². The fourth-order valence-corrected chi connectivity index (χ4v) is 3.10. The molecule has 1 aromatic carbocycles. The normalized spacial score (nSPS) is 22.8. The van der Waals surface area contributed by atoms with E-state index in [0.717, 1.165) is 0 Å². The number of carbonyl (C=O) groups is 2. The first kappa shape index (κ1) is 18.4. The molecule has 1 saturated heterocycles. The van der Waals surface area contributed by atoms with Crippen molar-refractivity contribution in [1.82, 2.24) is 9.80 Å². The van der Waals surface area contributed by atoms with Crippen molar-refractivity contribution < 1.29 is 23.8 Å². The summed E-state index contributed by atoms with van der Waals surface area (Å²) in [4.78, 5) is 28.5. The molecule has 0 saturated carbocycles. The summed E-state index contributed by atoms with van der Waals surface area (Å²) < 4.78 is 16.9. The molecule has 0 N–H and O–H groups in total. The van der Waals surface area contributed by atoms with Crippen molar-refractivity contribution in [2.24, 2.45) is 0 Å². The lowest BCUT2D eigenvalue weighted by Crippen LogP contribution is -2.59. The first-order valence-electron chi connectivity index (χ1n) is 8.91. The van der Waals surface area contributed by atoms with Gasteiger partial charge in [-0.05, 0) is 39.8 Å². The smallest absolute Gasteiger partial charge is 0.410 e. The molecule has 2 heterocycles. The first-order valence-corrected chi connectivity index (χ1v) is 8.91. The Balaban J connectivity index is 1.60. The molecule has 2 aliphatic rings. The summed E-state index contributed by atoms with van der Waals surface area (Å²) in [5.41, 5.74) is -0.534. The van der Waals surface area contributed by atoms with Gasteiger partial charge in [-0.1, -0.05) is 12.1 Å². The lowest BCUT2D eigenvalue weighted by molar-refractivity contribution is -0.145. The van der Waals surface area contributed by atoms with E-state index in [-0.39, 0.29) is 24.6 Å². The molecule has 142 valence electrons. The second-order valence-corrected chi connectivity index (χ2v) is 7.67. The predicted octanol–water partition coefficient (Wildman–Crippen LogP) is 2.29. The van der Waals surface area contributed by atoms with Crippen molar-refractivity contribution in [2.45, 2.75) is 45.4 Å². The van der Waals surface area contributed by atoms with Crippen LogP contribution in [0.4, 0.5) is 4.79 Å². The second-order valence-electron chi connectivity index (χ2n) is 7.67. The molecule has 1 aromatic rings. The average Bonchev–Trinajstić information content (AvgIpc) is 2.59. The number of rotatable bonds is 1. The Labute approximate surface area is 153 Å². The van der Waals surface area contributed by atoms with E-state index in [0.29, 0.717) is 31.1 Å². The van der Waals surface area contributed by atoms with Crippen LogP contribution < -0.4 is 9.47 Å². The molecule has 0 spiro atoms. The van der Waals surface area contributed by atoms with Gasteiger partial charge in [-0.25, -0.2) is 4.79 Å². The van der Waals surface area contributed by atoms with E-state index in [1.165, 1.54) is 0 Å². The predicted molar refractivity (Wildman–Crippen MR) is 95.3 cm³/mol. The molecule has 0 radical (unpaired) electrons. The van der Waals surface area contributed by atoms with Crippen LogP contribution in [0.2, 0.25) is 0 Å². The van der Waals surface area contributed by atoms with Gasteiger partial charge >= 0.3 is 6.09 Å². The van der Waals surface area contributed by atoms with Crippen LogP contribution in [0.3, 0.4) is 0 Å². The van der Waals surface area contributed by atoms with Gasteiger partial charge in [-0.3, -0.25) is 4.79 Å². The third kappa shape index (κ3) is 4.03. The Bertz CT molecular complexity index is 685. The molecule has 0 unspecified atom stereocenters. The summed E-state index contributed by atoms with van der Waals surface area (Å²) >= 11 is 0. The molecule has 2 amide bonds. The summed E-state index contributed by atoms with van der Waals surface area (Å²) in [5.74, 6) is 1.12. The van der Waals surface area contributed by atoms with E-state index in [2.05, 4.69) is 0 Å². The number of carbonyl (C=O) groups excluding carboxylic acids is 2. The van der Waals surface area contributed by atoms with Crippen molar-refractivity contribution >= 4 is 12.0 Å². The summed E-state index contributed by atoms with van der Waals surface area (Å²) in [6, 6.07) is 7.20. The maximum atomic E-state index is 12.9. The van der Waals surface area contributed by atoms with Crippen molar-refractivity contribution in [3.8, 4) is 11.5 Å². The zero-order valence-electron chi connectivity index (χ0n) is 15.7. The average molecular weight is 362 g/mol. The zero-order valence-corrected chi connectivity index (χ0v) is 15.7. The Morgan fingerprint density at radius 1 is 1.15 bits per heavy atom. The molecule has 3 rings (SSSR count). The standard InChI is InChI=1S/C19H26N2O5/c1-13-11-20(18(23)26-19(2,3)4)9-10-21(13)17(22)16-12-24-14-7-5-6-8-15(14)25-16/h5-8,13,16H,9-12H2,1-4H3/t13-,16-/m1/s1. The van der Waals surface area contributed by atoms with E-state index < -0.39 is 11.7 Å². The monoisotopic (exact) mass is 362 g/mol. The minimum Gasteiger partial charge on any atom is -0.485 e. The molecule has 0 aromatic heterocycles. The molecule has 0 aliphatic carbocycles. The third-order valence-corrected chi connectivity index (χ3v) is 4.35. The molecule has 1 fully saturated rings. The van der Waals surface area contributed by atoms with E-state index in [1.54, 1.807) is 15.9 Å². The Kier molecular flexibility index (Phi) is 4.98. The second kappa shape index (κ2) is 7.05. The van der Waals surface area contributed by atoms with Crippen LogP contribution in [0.25, 0.3) is 0 Å². The van der Waals surface area contributed by atoms with Crippen molar-refractivity contribution in [2.75, 3.05) is 26.2 Å². The van der Waals surface area contributed by atoms with Gasteiger partial charge in [-0.2, -0.15) is 0 Å². The SMILES string of the molecule is C[C@@H]1CN(C(=O)OC(C)(C)C)CCN1C(=O)[C@H]1COc2ccccc2O1. The van der Waals surface area contributed by atoms with Crippen LogP contribution in [-0.2, 0) is 9.53 Å². The van der Waals surface area contributed by atoms with Crippen LogP contribution in [0.1, 0.15) is 27.7 Å². The minimum absolute atomic E-state index is 0.115. The van der Waals surface area contributed by atoms with Gasteiger partial charge in [0.05, 0.1) is 0 Å². The van der Waals surface area contributed by atoms with E-state index in [9.17, 15) is 9.59 Å². The van der Waals surface area contributed by atoms with Gasteiger partial charge in [0.15, 0.2) is 11.5 Å². The van der Waals surface area contributed by atoms with Gasteiger partial charge in [0.2, 0.25) is 6.10 Å². The maximum Gasteiger partial charge on any atom is 0.410 e. The summed E-state index contributed by atoms with van der Waals surface area (Å²) in [7, 11) is 0. The summed E-state index contributed by atoms with van der Waals surface area (Å²) in [6.07, 6.45) is -1.01. The number of benzene rings is 1. The van der Waals surface area contributed by atoms with Gasteiger partial charge in [0.1, 0.15) is 12.2 Å². The zero-order chi connectivity index (χ0) is 18.9. The number of piperazine rings is 1. The number of hydrogen-bond acceptors (Lipinski definition) is 5. The van der Waals surface area contributed by atoms with Crippen molar-refractivity contribution in [1.29, 1.82) is 0 Å². The highest BCUT2D eigenvalue weighted by atomic mass is 16.6. The highest BCUT2D eigenvalue weighted by Crippen LogP contribution is 2.31. The van der Waals surface area contributed by atoms with Crippen LogP contribution in [0, 0.1) is 0 Å². The number of amides is 2. The van der Waals surface area contributed by atoms with Crippen molar-refractivity contribution in [3.63, 3.8) is 0 Å². The molecular weight excluding hydrogens is 336 g/mol. The lowest BCUT2D eigenvalue weighted by Gasteiger charge is -2.41. The number of fused-ring (bicyclic) bond motifs is 1. The van der Waals surface area contributed by atoms with Gasteiger partial charge in [0, 0.05) is 25.7 Å². The quantitative estimate of drug-likeness (QED) is 0.767. The third-order valence-electron chi connectivity index (χ3n) is 4.35. The van der Waals surface area contributed by atoms with E-state index in [1.807, 2.05) is 45.9 Å². The highest BCUT2D eigenvalue weighted by Gasteiger charge is 2.37. The maximum absolute atomic E-state index is 12.9. The van der Waals surface area contributed by atoms with Crippen LogP contribution in [-0.4, -0.2) is 65.8 Å². The molecule has 2 atom stereocenters. The summed E-state index contributed by atoms with van der Waals surface area (Å²) in [5, 5.41) is 0. The molecule has 2 aliphatic heterocycles. The minimum atomic E-state index is -0.666. The number of nitrogens with zero attached hydrogens (tertiary/aromatic N) is 2. The first-order chi connectivity index (χ1) is 12.2. The molecule has 26 heavy (non-hydrogen) atoms. The highest BCUT2D eigenvalue weighted by molar-refractivity contribution is 5.82. The largest absolute Gasteiger partial charge is 0.485 e. The van der Waals surface area contributed by atoms with E-state index in [4.69, 9.17) is 14.2 Å². The lowest BCUT2D eigenvalue weighted by atomic mass is 10.1. The molecule has 0 bridgehead atoms. The van der Waals surface area contributed by atoms with Gasteiger partial charge in [0.25, 0.3) is 5.91 Å². The Morgan fingerprint density at radius 2 is 1.85 bits per heavy atom. The van der Waals surface area contributed by atoms with Crippen LogP contribution >= 0.6 is 0 Å². The fraction of sp³-hybridized carbons (Fsp3) is 0.579. The van der Waals surface area contributed by atoms with Gasteiger partial charge < -0.3 is 24.0 Å². The fourth-order valence-electron chi connectivity index (χ4n) is 3.10.